The van der Waals surface area contributed by atoms with Crippen LogP contribution < -0.4 is 4.74 Å². The fraction of sp³-hybridized carbons (Fsp3) is 0.455. The quantitative estimate of drug-likeness (QED) is 0.638. The van der Waals surface area contributed by atoms with Crippen LogP contribution in [0.3, 0.4) is 0 Å². The first-order chi connectivity index (χ1) is 14.1. The smallest absolute Gasteiger partial charge is 0.410 e. The van der Waals surface area contributed by atoms with Crippen LogP contribution in [-0.2, 0) is 4.74 Å². The first-order valence-electron chi connectivity index (χ1n) is 9.79. The van der Waals surface area contributed by atoms with Crippen LogP contribution in [-0.4, -0.2) is 41.3 Å². The van der Waals surface area contributed by atoms with Gasteiger partial charge in [-0.2, -0.15) is 0 Å². The average Bonchev–Trinajstić information content (AvgIpc) is 2.68. The molecule has 1 aliphatic rings. The summed E-state index contributed by atoms with van der Waals surface area (Å²) in [5.41, 5.74) is -0.00535. The standard InChI is InChI=1S/C22H25ClF2N2O3/c1-22(2,3)30-21(28)27-9-8-15(13-29-20-7-5-16(23)11-26-20)17(12-27)14-4-6-18(24)19(25)10-14/h4-7,10-11,15,17H,8-9,12-13H2,1-3H3/t15-,17-/m0/s1. The number of pyridine rings is 1. The molecule has 1 aliphatic heterocycles. The Morgan fingerprint density at radius 1 is 1.23 bits per heavy atom. The molecule has 2 aromatic rings. The summed E-state index contributed by atoms with van der Waals surface area (Å²) in [6.07, 6.45) is 1.69. The van der Waals surface area contributed by atoms with E-state index in [4.69, 9.17) is 21.1 Å². The number of hydrogen-bond donors (Lipinski definition) is 0. The summed E-state index contributed by atoms with van der Waals surface area (Å²) in [6.45, 7) is 6.53. The van der Waals surface area contributed by atoms with Gasteiger partial charge in [0, 0.05) is 37.2 Å². The number of carbonyl (C=O) groups excluding carboxylic acids is 1. The van der Waals surface area contributed by atoms with Crippen LogP contribution >= 0.6 is 11.6 Å². The number of halogens is 3. The third-order valence-electron chi connectivity index (χ3n) is 4.92. The summed E-state index contributed by atoms with van der Waals surface area (Å²) in [6, 6.07) is 7.20. The van der Waals surface area contributed by atoms with Gasteiger partial charge in [0.2, 0.25) is 5.88 Å². The molecule has 3 rings (SSSR count). The minimum atomic E-state index is -0.916. The summed E-state index contributed by atoms with van der Waals surface area (Å²) < 4.78 is 38.6. The van der Waals surface area contributed by atoms with Gasteiger partial charge in [0.25, 0.3) is 0 Å². The number of likely N-dealkylation sites (tertiary alicyclic amines) is 1. The normalized spacial score (nSPS) is 19.5. The molecule has 2 atom stereocenters. The van der Waals surface area contributed by atoms with Gasteiger partial charge in [-0.3, -0.25) is 0 Å². The lowest BCUT2D eigenvalue weighted by Crippen LogP contribution is -2.46. The van der Waals surface area contributed by atoms with E-state index in [0.29, 0.717) is 42.6 Å². The van der Waals surface area contributed by atoms with Crippen molar-refractivity contribution >= 4 is 17.7 Å². The Morgan fingerprint density at radius 2 is 2.00 bits per heavy atom. The summed E-state index contributed by atoms with van der Waals surface area (Å²) in [4.78, 5) is 18.3. The zero-order chi connectivity index (χ0) is 21.9. The molecule has 162 valence electrons. The molecule has 0 saturated carbocycles. The number of amides is 1. The molecule has 0 N–H and O–H groups in total. The van der Waals surface area contributed by atoms with Crippen molar-refractivity contribution in [3.05, 3.63) is 58.7 Å². The SMILES string of the molecule is CC(C)(C)OC(=O)N1CC[C@@H](COc2ccc(Cl)cn2)[C@H](c2ccc(F)c(F)c2)C1. The van der Waals surface area contributed by atoms with E-state index >= 15 is 0 Å². The molecular weight excluding hydrogens is 414 g/mol. The fourth-order valence-corrected chi connectivity index (χ4v) is 3.56. The van der Waals surface area contributed by atoms with Crippen LogP contribution in [0, 0.1) is 17.6 Å². The van der Waals surface area contributed by atoms with Gasteiger partial charge in [0.05, 0.1) is 11.6 Å². The molecule has 0 spiro atoms. The maximum Gasteiger partial charge on any atom is 0.410 e. The lowest BCUT2D eigenvalue weighted by atomic mass is 9.81. The molecule has 0 aliphatic carbocycles. The van der Waals surface area contributed by atoms with Crippen LogP contribution in [0.15, 0.2) is 36.5 Å². The predicted octanol–water partition coefficient (Wildman–Crippen LogP) is 5.43. The van der Waals surface area contributed by atoms with Crippen molar-refractivity contribution in [1.29, 1.82) is 0 Å². The number of benzene rings is 1. The molecule has 0 unspecified atom stereocenters. The van der Waals surface area contributed by atoms with Gasteiger partial charge < -0.3 is 14.4 Å². The molecule has 1 fully saturated rings. The Balaban J connectivity index is 1.77. The summed E-state index contributed by atoms with van der Waals surface area (Å²) in [5.74, 6) is -1.66. The summed E-state index contributed by atoms with van der Waals surface area (Å²) >= 11 is 5.85. The first kappa shape index (κ1) is 22.3. The molecule has 30 heavy (non-hydrogen) atoms. The first-order valence-corrected chi connectivity index (χ1v) is 10.2. The van der Waals surface area contributed by atoms with E-state index < -0.39 is 23.3 Å². The van der Waals surface area contributed by atoms with Gasteiger partial charge >= 0.3 is 6.09 Å². The number of aromatic nitrogens is 1. The van der Waals surface area contributed by atoms with E-state index in [1.54, 1.807) is 43.9 Å². The van der Waals surface area contributed by atoms with E-state index in [1.807, 2.05) is 0 Å². The predicted molar refractivity (Wildman–Crippen MR) is 110 cm³/mol. The van der Waals surface area contributed by atoms with Crippen molar-refractivity contribution in [2.75, 3.05) is 19.7 Å². The van der Waals surface area contributed by atoms with Crippen molar-refractivity contribution < 1.29 is 23.0 Å². The average molecular weight is 439 g/mol. The zero-order valence-electron chi connectivity index (χ0n) is 17.2. The molecule has 1 amide bonds. The second-order valence-electron chi connectivity index (χ2n) is 8.38. The van der Waals surface area contributed by atoms with Crippen LogP contribution in [0.4, 0.5) is 13.6 Å². The number of piperidine rings is 1. The van der Waals surface area contributed by atoms with E-state index in [1.165, 1.54) is 12.3 Å². The van der Waals surface area contributed by atoms with E-state index in [2.05, 4.69) is 4.98 Å². The van der Waals surface area contributed by atoms with Crippen molar-refractivity contribution in [2.24, 2.45) is 5.92 Å². The maximum atomic E-state index is 13.9. The Bertz CT molecular complexity index is 887. The molecule has 0 radical (unpaired) electrons. The van der Waals surface area contributed by atoms with Crippen LogP contribution in [0.25, 0.3) is 0 Å². The van der Waals surface area contributed by atoms with Crippen molar-refractivity contribution in [3.63, 3.8) is 0 Å². The Kier molecular flexibility index (Phi) is 6.81. The molecule has 1 aromatic heterocycles. The highest BCUT2D eigenvalue weighted by molar-refractivity contribution is 6.30. The molecule has 8 heteroatoms. The number of hydrogen-bond acceptors (Lipinski definition) is 4. The molecule has 5 nitrogen and oxygen atoms in total. The maximum absolute atomic E-state index is 13.9. The van der Waals surface area contributed by atoms with Gasteiger partial charge in [0.1, 0.15) is 5.60 Å². The van der Waals surface area contributed by atoms with Crippen LogP contribution in [0.1, 0.15) is 38.7 Å². The van der Waals surface area contributed by atoms with Gasteiger partial charge in [-0.25, -0.2) is 18.6 Å². The minimum absolute atomic E-state index is 0.0222. The van der Waals surface area contributed by atoms with Gasteiger partial charge in [0.15, 0.2) is 11.6 Å². The van der Waals surface area contributed by atoms with E-state index in [-0.39, 0.29) is 11.8 Å². The second kappa shape index (κ2) is 9.16. The second-order valence-corrected chi connectivity index (χ2v) is 8.82. The van der Waals surface area contributed by atoms with Gasteiger partial charge in [-0.15, -0.1) is 0 Å². The van der Waals surface area contributed by atoms with E-state index in [0.717, 1.165) is 6.07 Å². The number of nitrogens with zero attached hydrogens (tertiary/aromatic N) is 2. The monoisotopic (exact) mass is 438 g/mol. The van der Waals surface area contributed by atoms with Crippen molar-refractivity contribution in [2.45, 2.75) is 38.7 Å². The Morgan fingerprint density at radius 3 is 2.63 bits per heavy atom. The lowest BCUT2D eigenvalue weighted by Gasteiger charge is -2.39. The summed E-state index contributed by atoms with van der Waals surface area (Å²) in [7, 11) is 0. The van der Waals surface area contributed by atoms with Crippen molar-refractivity contribution in [3.8, 4) is 5.88 Å². The Hall–Kier alpha value is -2.41. The zero-order valence-corrected chi connectivity index (χ0v) is 18.0. The highest BCUT2D eigenvalue weighted by Gasteiger charge is 2.35. The fourth-order valence-electron chi connectivity index (χ4n) is 3.45. The number of rotatable bonds is 4. The lowest BCUT2D eigenvalue weighted by molar-refractivity contribution is 0.0129. The summed E-state index contributed by atoms with van der Waals surface area (Å²) in [5, 5.41) is 0.507. The third kappa shape index (κ3) is 5.81. The van der Waals surface area contributed by atoms with Gasteiger partial charge in [-0.1, -0.05) is 17.7 Å². The molecule has 0 bridgehead atoms. The largest absolute Gasteiger partial charge is 0.477 e. The van der Waals surface area contributed by atoms with Crippen molar-refractivity contribution in [1.82, 2.24) is 9.88 Å². The minimum Gasteiger partial charge on any atom is -0.477 e. The highest BCUT2D eigenvalue weighted by Crippen LogP contribution is 2.34. The highest BCUT2D eigenvalue weighted by atomic mass is 35.5. The molecule has 1 aromatic carbocycles. The Labute approximate surface area is 179 Å². The number of ether oxygens (including phenoxy) is 2. The molecule has 1 saturated heterocycles. The van der Waals surface area contributed by atoms with Crippen LogP contribution in [0.5, 0.6) is 5.88 Å². The third-order valence-corrected chi connectivity index (χ3v) is 5.15. The molecular formula is C22H25ClF2N2O3. The van der Waals surface area contributed by atoms with Gasteiger partial charge in [-0.05, 0) is 51.0 Å². The van der Waals surface area contributed by atoms with Crippen LogP contribution in [0.2, 0.25) is 5.02 Å². The topological polar surface area (TPSA) is 51.7 Å². The molecule has 2 heterocycles. The number of carbonyl (C=O) groups is 1. The van der Waals surface area contributed by atoms with E-state index in [9.17, 15) is 13.6 Å².